The highest BCUT2D eigenvalue weighted by Crippen LogP contribution is 2.25. The van der Waals surface area contributed by atoms with Gasteiger partial charge in [-0.2, -0.15) is 0 Å². The molecule has 2 amide bonds. The van der Waals surface area contributed by atoms with Crippen LogP contribution in [0.15, 0.2) is 42.5 Å². The SMILES string of the molecule is Cc1cc(NC(=O)N[C@@H]2COCC[C@H]2CN2CCCC(Cc3ccc(F)cc3)C2)cc(-c2nnnn2C)c1. The van der Waals surface area contributed by atoms with Crippen LogP contribution in [0.1, 0.15) is 30.4 Å². The van der Waals surface area contributed by atoms with Crippen LogP contribution in [0.4, 0.5) is 14.9 Å². The van der Waals surface area contributed by atoms with E-state index in [1.807, 2.05) is 37.3 Å². The number of tetrazole rings is 1. The summed E-state index contributed by atoms with van der Waals surface area (Å²) < 4.78 is 20.6. The number of likely N-dealkylation sites (tertiary alicyclic amines) is 1. The van der Waals surface area contributed by atoms with E-state index in [2.05, 4.69) is 31.1 Å². The fraction of sp³-hybridized carbons (Fsp3) is 0.500. The molecule has 3 atom stereocenters. The number of amides is 2. The van der Waals surface area contributed by atoms with Crippen molar-refractivity contribution in [3.05, 3.63) is 59.4 Å². The van der Waals surface area contributed by atoms with Crippen molar-refractivity contribution in [1.82, 2.24) is 30.4 Å². The first-order valence-electron chi connectivity index (χ1n) is 13.4. The minimum atomic E-state index is -0.244. The number of aromatic nitrogens is 4. The van der Waals surface area contributed by atoms with Crippen LogP contribution in [0, 0.1) is 24.6 Å². The largest absolute Gasteiger partial charge is 0.379 e. The summed E-state index contributed by atoms with van der Waals surface area (Å²) in [7, 11) is 1.79. The number of halogens is 1. The zero-order valence-electron chi connectivity index (χ0n) is 22.1. The Balaban J connectivity index is 1.17. The van der Waals surface area contributed by atoms with E-state index in [0.29, 0.717) is 36.6 Å². The minimum absolute atomic E-state index is 0.0616. The highest BCUT2D eigenvalue weighted by atomic mass is 19.1. The third-order valence-corrected chi connectivity index (χ3v) is 7.56. The molecule has 9 nitrogen and oxygen atoms in total. The van der Waals surface area contributed by atoms with Crippen molar-refractivity contribution in [3.8, 4) is 11.4 Å². The summed E-state index contributed by atoms with van der Waals surface area (Å²) in [4.78, 5) is 15.5. The van der Waals surface area contributed by atoms with Crippen LogP contribution in [0.25, 0.3) is 11.4 Å². The predicted octanol–water partition coefficient (Wildman–Crippen LogP) is 3.81. The van der Waals surface area contributed by atoms with E-state index in [1.165, 1.54) is 12.0 Å². The maximum Gasteiger partial charge on any atom is 0.319 e. The number of aryl methyl sites for hydroxylation is 2. The van der Waals surface area contributed by atoms with Gasteiger partial charge in [-0.25, -0.2) is 13.9 Å². The molecular weight excluding hydrogens is 485 g/mol. The highest BCUT2D eigenvalue weighted by Gasteiger charge is 2.31. The first kappa shape index (κ1) is 26.2. The average Bonchev–Trinajstić information content (AvgIpc) is 3.32. The molecule has 1 aromatic heterocycles. The second-order valence-corrected chi connectivity index (χ2v) is 10.6. The normalized spacial score (nSPS) is 22.2. The standard InChI is InChI=1S/C28H36FN7O2/c1-19-12-23(27-32-33-34-35(27)2)15-25(13-19)30-28(37)31-26-18-38-11-9-22(26)17-36-10-3-4-21(16-36)14-20-5-7-24(29)8-6-20/h5-8,12-13,15,21-22,26H,3-4,9-11,14,16-18H2,1-2H3,(H2,30,31,37)/t21?,22-,26+/m0/s1. The van der Waals surface area contributed by atoms with Gasteiger partial charge >= 0.3 is 6.03 Å². The number of anilines is 1. The van der Waals surface area contributed by atoms with E-state index in [-0.39, 0.29) is 17.9 Å². The van der Waals surface area contributed by atoms with E-state index in [4.69, 9.17) is 4.74 Å². The molecule has 2 aliphatic heterocycles. The van der Waals surface area contributed by atoms with Crippen LogP contribution in [0.5, 0.6) is 0 Å². The second-order valence-electron chi connectivity index (χ2n) is 10.6. The molecule has 10 heteroatoms. The molecule has 2 saturated heterocycles. The Morgan fingerprint density at radius 2 is 2.03 bits per heavy atom. The van der Waals surface area contributed by atoms with E-state index >= 15 is 0 Å². The van der Waals surface area contributed by atoms with Crippen LogP contribution in [0.3, 0.4) is 0 Å². The van der Waals surface area contributed by atoms with E-state index < -0.39 is 0 Å². The number of benzene rings is 2. The van der Waals surface area contributed by atoms with Crippen molar-refractivity contribution in [2.45, 2.75) is 38.6 Å². The zero-order chi connectivity index (χ0) is 26.5. The topological polar surface area (TPSA) is 97.2 Å². The highest BCUT2D eigenvalue weighted by molar-refractivity contribution is 5.90. The molecule has 38 heavy (non-hydrogen) atoms. The lowest BCUT2D eigenvalue weighted by atomic mass is 9.89. The molecule has 5 rings (SSSR count). The van der Waals surface area contributed by atoms with E-state index in [0.717, 1.165) is 50.0 Å². The molecule has 3 aromatic rings. The number of carbonyl (C=O) groups excluding carboxylic acids is 1. The van der Waals surface area contributed by atoms with Crippen molar-refractivity contribution in [2.24, 2.45) is 18.9 Å². The van der Waals surface area contributed by atoms with Crippen molar-refractivity contribution < 1.29 is 13.9 Å². The summed E-state index contributed by atoms with van der Waals surface area (Å²) in [6.45, 7) is 6.22. The maximum absolute atomic E-state index is 13.3. The molecule has 0 spiro atoms. The minimum Gasteiger partial charge on any atom is -0.379 e. The van der Waals surface area contributed by atoms with E-state index in [9.17, 15) is 9.18 Å². The summed E-state index contributed by atoms with van der Waals surface area (Å²) in [5, 5.41) is 17.8. The van der Waals surface area contributed by atoms with Gasteiger partial charge in [-0.15, -0.1) is 5.10 Å². The molecule has 202 valence electrons. The smallest absolute Gasteiger partial charge is 0.319 e. The van der Waals surface area contributed by atoms with Gasteiger partial charge in [0.2, 0.25) is 0 Å². The fourth-order valence-corrected chi connectivity index (χ4v) is 5.72. The summed E-state index contributed by atoms with van der Waals surface area (Å²) in [6.07, 6.45) is 4.23. The Kier molecular flexibility index (Phi) is 8.29. The van der Waals surface area contributed by atoms with Gasteiger partial charge in [0, 0.05) is 38.0 Å². The van der Waals surface area contributed by atoms with Gasteiger partial charge in [0.15, 0.2) is 5.82 Å². The lowest BCUT2D eigenvalue weighted by molar-refractivity contribution is 0.0215. The quantitative estimate of drug-likeness (QED) is 0.491. The number of nitrogens with one attached hydrogen (secondary N) is 2. The third-order valence-electron chi connectivity index (χ3n) is 7.56. The molecule has 0 radical (unpaired) electrons. The van der Waals surface area contributed by atoms with Crippen molar-refractivity contribution in [3.63, 3.8) is 0 Å². The first-order chi connectivity index (χ1) is 18.4. The Hall–Kier alpha value is -3.37. The van der Waals surface area contributed by atoms with Gasteiger partial charge in [0.1, 0.15) is 5.82 Å². The van der Waals surface area contributed by atoms with Crippen LogP contribution >= 0.6 is 0 Å². The first-order valence-corrected chi connectivity index (χ1v) is 13.4. The van der Waals surface area contributed by atoms with Crippen LogP contribution < -0.4 is 10.6 Å². The van der Waals surface area contributed by atoms with Gasteiger partial charge in [0.25, 0.3) is 0 Å². The fourth-order valence-electron chi connectivity index (χ4n) is 5.72. The van der Waals surface area contributed by atoms with Gasteiger partial charge in [0.05, 0.1) is 12.6 Å². The summed E-state index contributed by atoms with van der Waals surface area (Å²) in [5.41, 5.74) is 3.72. The Labute approximate surface area is 222 Å². The molecule has 3 heterocycles. The maximum atomic E-state index is 13.3. The Bertz CT molecular complexity index is 1230. The van der Waals surface area contributed by atoms with Crippen molar-refractivity contribution >= 4 is 11.7 Å². The van der Waals surface area contributed by atoms with Gasteiger partial charge < -0.3 is 20.3 Å². The number of ether oxygens (including phenoxy) is 1. The molecule has 2 aliphatic rings. The molecule has 1 unspecified atom stereocenters. The van der Waals surface area contributed by atoms with Crippen LogP contribution in [0.2, 0.25) is 0 Å². The Morgan fingerprint density at radius 3 is 2.82 bits per heavy atom. The van der Waals surface area contributed by atoms with Gasteiger partial charge in [-0.1, -0.05) is 12.1 Å². The summed E-state index contributed by atoms with van der Waals surface area (Å²) >= 11 is 0. The summed E-state index contributed by atoms with van der Waals surface area (Å²) in [6, 6.07) is 12.4. The number of hydrogen-bond acceptors (Lipinski definition) is 6. The molecule has 0 bridgehead atoms. The third kappa shape index (κ3) is 6.73. The second kappa shape index (κ2) is 12.0. The average molecular weight is 522 g/mol. The monoisotopic (exact) mass is 521 g/mol. The molecule has 2 aromatic carbocycles. The number of hydrogen-bond donors (Lipinski definition) is 2. The molecule has 0 aliphatic carbocycles. The van der Waals surface area contributed by atoms with Crippen LogP contribution in [-0.2, 0) is 18.2 Å². The van der Waals surface area contributed by atoms with Crippen molar-refractivity contribution in [2.75, 3.05) is 38.2 Å². The molecule has 2 fully saturated rings. The number of urea groups is 1. The molecule has 2 N–H and O–H groups in total. The number of nitrogens with zero attached hydrogens (tertiary/aromatic N) is 5. The van der Waals surface area contributed by atoms with Crippen LogP contribution in [-0.4, -0.2) is 70.0 Å². The van der Waals surface area contributed by atoms with E-state index in [1.54, 1.807) is 23.9 Å². The molecular formula is C28H36FN7O2. The lowest BCUT2D eigenvalue weighted by Gasteiger charge is -2.39. The van der Waals surface area contributed by atoms with Gasteiger partial charge in [-0.05, 0) is 103 Å². The van der Waals surface area contributed by atoms with Gasteiger partial charge in [-0.3, -0.25) is 0 Å². The zero-order valence-corrected chi connectivity index (χ0v) is 22.1. The summed E-state index contributed by atoms with van der Waals surface area (Å²) in [5.74, 6) is 1.32. The van der Waals surface area contributed by atoms with Crippen molar-refractivity contribution in [1.29, 1.82) is 0 Å². The number of carbonyl (C=O) groups is 1. The Morgan fingerprint density at radius 1 is 1.18 bits per heavy atom. The molecule has 0 saturated carbocycles. The predicted molar refractivity (Wildman–Crippen MR) is 143 cm³/mol. The lowest BCUT2D eigenvalue weighted by Crippen LogP contribution is -2.52. The number of piperidine rings is 1. The number of rotatable bonds is 7.